The van der Waals surface area contributed by atoms with Gasteiger partial charge in [0, 0.05) is 6.04 Å². The van der Waals surface area contributed by atoms with Gasteiger partial charge in [-0.15, -0.1) is 0 Å². The van der Waals surface area contributed by atoms with Gasteiger partial charge in [-0.05, 0) is 57.4 Å². The predicted octanol–water partition coefficient (Wildman–Crippen LogP) is 3.63. The number of hydrogen-bond acceptors (Lipinski definition) is 2. The van der Waals surface area contributed by atoms with Crippen molar-refractivity contribution in [1.29, 1.82) is 0 Å². The fraction of sp³-hybridized carbons (Fsp3) is 0.500. The topological polar surface area (TPSA) is 21.3 Å². The third-order valence-corrected chi connectivity index (χ3v) is 2.88. The van der Waals surface area contributed by atoms with E-state index in [9.17, 15) is 0 Å². The summed E-state index contributed by atoms with van der Waals surface area (Å²) < 4.78 is 5.61. The molecule has 1 aliphatic carbocycles. The first-order chi connectivity index (χ1) is 8.74. The molecular formula is C16H23NO. The molecule has 0 aromatic heterocycles. The molecule has 1 fully saturated rings. The zero-order valence-electron chi connectivity index (χ0n) is 11.4. The van der Waals surface area contributed by atoms with Gasteiger partial charge in [0.15, 0.2) is 0 Å². The summed E-state index contributed by atoms with van der Waals surface area (Å²) in [6.45, 7) is 5.18. The summed E-state index contributed by atoms with van der Waals surface area (Å²) in [5, 5.41) is 3.50. The Kier molecular flexibility index (Phi) is 4.82. The molecule has 1 aliphatic rings. The number of hydrogen-bond donors (Lipinski definition) is 1. The Labute approximate surface area is 110 Å². The second-order valence-corrected chi connectivity index (χ2v) is 5.16. The molecule has 1 saturated carbocycles. The van der Waals surface area contributed by atoms with Crippen LogP contribution in [0.3, 0.4) is 0 Å². The fourth-order valence-electron chi connectivity index (χ4n) is 1.81. The maximum Gasteiger partial charge on any atom is 0.119 e. The molecule has 0 radical (unpaired) electrons. The first-order valence-electron chi connectivity index (χ1n) is 6.90. The van der Waals surface area contributed by atoms with Crippen LogP contribution in [0.4, 0.5) is 0 Å². The van der Waals surface area contributed by atoms with Gasteiger partial charge in [0.25, 0.3) is 0 Å². The molecule has 1 aromatic rings. The number of benzene rings is 1. The lowest BCUT2D eigenvalue weighted by Gasteiger charge is -2.09. The molecule has 0 amide bonds. The summed E-state index contributed by atoms with van der Waals surface area (Å²) in [6.07, 6.45) is 8.46. The van der Waals surface area contributed by atoms with Crippen LogP contribution in [0.1, 0.15) is 38.7 Å². The van der Waals surface area contributed by atoms with Crippen molar-refractivity contribution in [2.75, 3.05) is 6.54 Å². The van der Waals surface area contributed by atoms with E-state index in [1.807, 2.05) is 26.0 Å². The Bertz CT molecular complexity index is 377. The summed E-state index contributed by atoms with van der Waals surface area (Å²) in [7, 11) is 0. The molecule has 1 N–H and O–H groups in total. The average Bonchev–Trinajstić information content (AvgIpc) is 3.14. The maximum absolute atomic E-state index is 5.61. The molecule has 2 rings (SSSR count). The van der Waals surface area contributed by atoms with Gasteiger partial charge in [-0.2, -0.15) is 0 Å². The molecule has 0 atom stereocenters. The lowest BCUT2D eigenvalue weighted by Crippen LogP contribution is -2.16. The predicted molar refractivity (Wildman–Crippen MR) is 76.9 cm³/mol. The van der Waals surface area contributed by atoms with Crippen LogP contribution in [0, 0.1) is 0 Å². The Morgan fingerprint density at radius 3 is 2.61 bits per heavy atom. The van der Waals surface area contributed by atoms with Crippen LogP contribution in [0.25, 0.3) is 6.08 Å². The minimum atomic E-state index is 0.236. The van der Waals surface area contributed by atoms with E-state index >= 15 is 0 Å². The SMILES string of the molecule is CC(C)Oc1ccc(C=CCCNC2CC2)cc1. The van der Waals surface area contributed by atoms with E-state index in [2.05, 4.69) is 29.6 Å². The number of nitrogens with one attached hydrogen (secondary N) is 1. The van der Waals surface area contributed by atoms with Crippen molar-refractivity contribution >= 4 is 6.08 Å². The highest BCUT2D eigenvalue weighted by molar-refractivity contribution is 5.50. The standard InChI is InChI=1S/C16H23NO/c1-13(2)18-16-10-6-14(7-11-16)5-3-4-12-17-15-8-9-15/h3,5-7,10-11,13,15,17H,4,8-9,12H2,1-2H3. The highest BCUT2D eigenvalue weighted by atomic mass is 16.5. The van der Waals surface area contributed by atoms with E-state index in [-0.39, 0.29) is 6.10 Å². The lowest BCUT2D eigenvalue weighted by atomic mass is 10.2. The largest absolute Gasteiger partial charge is 0.491 e. The Balaban J connectivity index is 1.72. The van der Waals surface area contributed by atoms with E-state index < -0.39 is 0 Å². The third kappa shape index (κ3) is 4.92. The van der Waals surface area contributed by atoms with Crippen molar-refractivity contribution in [3.8, 4) is 5.75 Å². The van der Waals surface area contributed by atoms with E-state index in [1.54, 1.807) is 0 Å². The van der Waals surface area contributed by atoms with Crippen LogP contribution in [-0.4, -0.2) is 18.7 Å². The zero-order chi connectivity index (χ0) is 12.8. The van der Waals surface area contributed by atoms with E-state index in [0.717, 1.165) is 24.8 Å². The molecule has 0 unspecified atom stereocenters. The first kappa shape index (κ1) is 13.2. The lowest BCUT2D eigenvalue weighted by molar-refractivity contribution is 0.242. The van der Waals surface area contributed by atoms with Gasteiger partial charge in [-0.25, -0.2) is 0 Å². The van der Waals surface area contributed by atoms with Crippen molar-refractivity contribution in [2.24, 2.45) is 0 Å². The third-order valence-electron chi connectivity index (χ3n) is 2.88. The summed E-state index contributed by atoms with van der Waals surface area (Å²) >= 11 is 0. The Morgan fingerprint density at radius 2 is 2.00 bits per heavy atom. The maximum atomic E-state index is 5.61. The van der Waals surface area contributed by atoms with Gasteiger partial charge in [0.1, 0.15) is 5.75 Å². The molecule has 0 aliphatic heterocycles. The van der Waals surface area contributed by atoms with Crippen LogP contribution in [0.5, 0.6) is 5.75 Å². The van der Waals surface area contributed by atoms with Crippen LogP contribution in [0.2, 0.25) is 0 Å². The average molecular weight is 245 g/mol. The van der Waals surface area contributed by atoms with E-state index in [1.165, 1.54) is 18.4 Å². The molecule has 2 nitrogen and oxygen atoms in total. The summed E-state index contributed by atoms with van der Waals surface area (Å²) in [5.74, 6) is 0.942. The molecule has 0 bridgehead atoms. The van der Waals surface area contributed by atoms with Crippen molar-refractivity contribution in [1.82, 2.24) is 5.32 Å². The molecule has 0 heterocycles. The van der Waals surface area contributed by atoms with Crippen molar-refractivity contribution in [2.45, 2.75) is 45.3 Å². The minimum absolute atomic E-state index is 0.236. The second-order valence-electron chi connectivity index (χ2n) is 5.16. The molecule has 0 spiro atoms. The summed E-state index contributed by atoms with van der Waals surface area (Å²) in [5.41, 5.74) is 1.23. The highest BCUT2D eigenvalue weighted by Gasteiger charge is 2.19. The van der Waals surface area contributed by atoms with Crippen molar-refractivity contribution in [3.05, 3.63) is 35.9 Å². The van der Waals surface area contributed by atoms with Crippen LogP contribution in [-0.2, 0) is 0 Å². The normalized spacial score (nSPS) is 15.5. The quantitative estimate of drug-likeness (QED) is 0.741. The highest BCUT2D eigenvalue weighted by Crippen LogP contribution is 2.18. The smallest absolute Gasteiger partial charge is 0.119 e. The van der Waals surface area contributed by atoms with Crippen molar-refractivity contribution in [3.63, 3.8) is 0 Å². The molecule has 2 heteroatoms. The molecule has 1 aromatic carbocycles. The Hall–Kier alpha value is -1.28. The monoisotopic (exact) mass is 245 g/mol. The van der Waals surface area contributed by atoms with Crippen LogP contribution >= 0.6 is 0 Å². The van der Waals surface area contributed by atoms with Gasteiger partial charge in [-0.1, -0.05) is 24.3 Å². The van der Waals surface area contributed by atoms with Crippen LogP contribution < -0.4 is 10.1 Å². The zero-order valence-corrected chi connectivity index (χ0v) is 11.4. The molecule has 98 valence electrons. The molecule has 0 saturated heterocycles. The number of ether oxygens (including phenoxy) is 1. The van der Waals surface area contributed by atoms with E-state index in [0.29, 0.717) is 0 Å². The van der Waals surface area contributed by atoms with E-state index in [4.69, 9.17) is 4.74 Å². The minimum Gasteiger partial charge on any atom is -0.491 e. The first-order valence-corrected chi connectivity index (χ1v) is 6.90. The summed E-state index contributed by atoms with van der Waals surface area (Å²) in [6, 6.07) is 9.07. The van der Waals surface area contributed by atoms with Gasteiger partial charge >= 0.3 is 0 Å². The van der Waals surface area contributed by atoms with Crippen LogP contribution in [0.15, 0.2) is 30.3 Å². The summed E-state index contributed by atoms with van der Waals surface area (Å²) in [4.78, 5) is 0. The Morgan fingerprint density at radius 1 is 1.28 bits per heavy atom. The fourth-order valence-corrected chi connectivity index (χ4v) is 1.81. The van der Waals surface area contributed by atoms with Gasteiger partial charge in [-0.3, -0.25) is 0 Å². The van der Waals surface area contributed by atoms with Gasteiger partial charge in [0.05, 0.1) is 6.10 Å². The molecule has 18 heavy (non-hydrogen) atoms. The molecular weight excluding hydrogens is 222 g/mol. The number of rotatable bonds is 7. The van der Waals surface area contributed by atoms with Crippen molar-refractivity contribution < 1.29 is 4.74 Å². The van der Waals surface area contributed by atoms with Gasteiger partial charge in [0.2, 0.25) is 0 Å². The van der Waals surface area contributed by atoms with Gasteiger partial charge < -0.3 is 10.1 Å². The second kappa shape index (κ2) is 6.60.